The Morgan fingerprint density at radius 2 is 1.42 bits per heavy atom. The standard InChI is InChI=1S/C30H49NO7/c1-2-3-4-5-6-7-8-9-10-11-12-13-14-15-16-17-26(33)31-23-18-20-24(21-19-23)37-30-29(36)28(35)27(34)25(22-32)38-30/h9-10,18-21,25,27-30,32,34-36H,2-8,11-17,22H2,1H3,(H,31,33)/b10-9-/t25-,27-,28+,29-,30-/m1/s1. The number of aliphatic hydroxyl groups excluding tert-OH is 4. The molecule has 1 aromatic rings. The summed E-state index contributed by atoms with van der Waals surface area (Å²) in [6, 6.07) is 6.58. The van der Waals surface area contributed by atoms with Crippen LogP contribution in [0.5, 0.6) is 5.75 Å². The summed E-state index contributed by atoms with van der Waals surface area (Å²) in [6.07, 6.45) is 14.3. The van der Waals surface area contributed by atoms with Crippen molar-refractivity contribution in [3.63, 3.8) is 0 Å². The Morgan fingerprint density at radius 3 is 2.03 bits per heavy atom. The number of allylic oxidation sites excluding steroid dienone is 2. The molecule has 5 N–H and O–H groups in total. The quantitative estimate of drug-likeness (QED) is 0.127. The highest BCUT2D eigenvalue weighted by molar-refractivity contribution is 5.90. The maximum absolute atomic E-state index is 12.2. The van der Waals surface area contributed by atoms with Gasteiger partial charge in [-0.05, 0) is 56.4 Å². The summed E-state index contributed by atoms with van der Waals surface area (Å²) in [4.78, 5) is 12.2. The van der Waals surface area contributed by atoms with E-state index in [9.17, 15) is 25.2 Å². The smallest absolute Gasteiger partial charge is 0.229 e. The van der Waals surface area contributed by atoms with Gasteiger partial charge in [-0.15, -0.1) is 0 Å². The Labute approximate surface area is 228 Å². The summed E-state index contributed by atoms with van der Waals surface area (Å²) in [6.45, 7) is 1.73. The highest BCUT2D eigenvalue weighted by Gasteiger charge is 2.44. The van der Waals surface area contributed by atoms with Gasteiger partial charge in [0.25, 0.3) is 0 Å². The van der Waals surface area contributed by atoms with Gasteiger partial charge in [0, 0.05) is 12.1 Å². The largest absolute Gasteiger partial charge is 0.462 e. The summed E-state index contributed by atoms with van der Waals surface area (Å²) in [7, 11) is 0. The predicted molar refractivity (Wildman–Crippen MR) is 149 cm³/mol. The zero-order chi connectivity index (χ0) is 27.6. The topological polar surface area (TPSA) is 128 Å². The number of nitrogens with one attached hydrogen (secondary N) is 1. The lowest BCUT2D eigenvalue weighted by Crippen LogP contribution is -2.60. The molecule has 1 fully saturated rings. The third-order valence-corrected chi connectivity index (χ3v) is 6.90. The van der Waals surface area contributed by atoms with E-state index in [2.05, 4.69) is 24.4 Å². The summed E-state index contributed by atoms with van der Waals surface area (Å²) < 4.78 is 10.9. The van der Waals surface area contributed by atoms with E-state index in [4.69, 9.17) is 9.47 Å². The van der Waals surface area contributed by atoms with Gasteiger partial charge in [-0.2, -0.15) is 0 Å². The number of anilines is 1. The maximum atomic E-state index is 12.2. The molecule has 216 valence electrons. The van der Waals surface area contributed by atoms with Crippen molar-refractivity contribution in [2.45, 2.75) is 128 Å². The van der Waals surface area contributed by atoms with Crippen molar-refractivity contribution in [3.05, 3.63) is 36.4 Å². The van der Waals surface area contributed by atoms with Crippen LogP contribution in [0.25, 0.3) is 0 Å². The van der Waals surface area contributed by atoms with Gasteiger partial charge in [0.1, 0.15) is 30.2 Å². The number of amides is 1. The molecule has 0 spiro atoms. The van der Waals surface area contributed by atoms with E-state index in [1.165, 1.54) is 57.8 Å². The summed E-state index contributed by atoms with van der Waals surface area (Å²) in [5, 5.41) is 42.0. The van der Waals surface area contributed by atoms with Gasteiger partial charge in [0.2, 0.25) is 12.2 Å². The number of ether oxygens (including phenoxy) is 2. The molecule has 0 saturated carbocycles. The van der Waals surface area contributed by atoms with Crippen LogP contribution in [0.1, 0.15) is 96.8 Å². The molecule has 0 unspecified atom stereocenters. The Balaban J connectivity index is 1.53. The van der Waals surface area contributed by atoms with E-state index >= 15 is 0 Å². The van der Waals surface area contributed by atoms with Crippen LogP contribution in [0.4, 0.5) is 5.69 Å². The van der Waals surface area contributed by atoms with Gasteiger partial charge >= 0.3 is 0 Å². The van der Waals surface area contributed by atoms with E-state index in [-0.39, 0.29) is 5.91 Å². The molecule has 1 aromatic carbocycles. The second kappa shape index (κ2) is 19.1. The number of rotatable bonds is 19. The van der Waals surface area contributed by atoms with Gasteiger partial charge in [-0.3, -0.25) is 4.79 Å². The van der Waals surface area contributed by atoms with Gasteiger partial charge in [-0.25, -0.2) is 0 Å². The van der Waals surface area contributed by atoms with Crippen LogP contribution in [0.15, 0.2) is 36.4 Å². The van der Waals surface area contributed by atoms with E-state index < -0.39 is 37.3 Å². The number of unbranched alkanes of at least 4 members (excludes halogenated alkanes) is 11. The normalized spacial score (nSPS) is 23.6. The first-order valence-electron chi connectivity index (χ1n) is 14.5. The molecule has 1 aliphatic heterocycles. The second-order valence-electron chi connectivity index (χ2n) is 10.2. The lowest BCUT2D eigenvalue weighted by molar-refractivity contribution is -0.277. The average Bonchev–Trinajstić information content (AvgIpc) is 2.92. The second-order valence-corrected chi connectivity index (χ2v) is 10.2. The van der Waals surface area contributed by atoms with Gasteiger partial charge in [0.05, 0.1) is 6.61 Å². The molecule has 8 nitrogen and oxygen atoms in total. The SMILES string of the molecule is CCCCCCCC/C=C\CCCCCCCC(=O)Nc1ccc(O[C@@H]2O[C@H](CO)[C@@H](O)[C@H](O)[C@H]2O)cc1. The van der Waals surface area contributed by atoms with Crippen molar-refractivity contribution in [3.8, 4) is 5.75 Å². The molecular weight excluding hydrogens is 486 g/mol. The Kier molecular flexibility index (Phi) is 16.2. The molecule has 0 aromatic heterocycles. The van der Waals surface area contributed by atoms with Crippen LogP contribution in [-0.4, -0.2) is 63.6 Å². The van der Waals surface area contributed by atoms with Crippen LogP contribution < -0.4 is 10.1 Å². The third-order valence-electron chi connectivity index (χ3n) is 6.90. The number of carbonyl (C=O) groups excluding carboxylic acids is 1. The Morgan fingerprint density at radius 1 is 0.842 bits per heavy atom. The molecule has 2 rings (SSSR count). The van der Waals surface area contributed by atoms with Gasteiger partial charge in [0.15, 0.2) is 0 Å². The zero-order valence-electron chi connectivity index (χ0n) is 23.0. The Bertz CT molecular complexity index is 783. The molecule has 1 amide bonds. The van der Waals surface area contributed by atoms with Crippen molar-refractivity contribution < 1.29 is 34.7 Å². The number of hydrogen-bond acceptors (Lipinski definition) is 7. The van der Waals surface area contributed by atoms with Crippen LogP contribution in [0.3, 0.4) is 0 Å². The number of aliphatic hydroxyl groups is 4. The monoisotopic (exact) mass is 535 g/mol. The minimum Gasteiger partial charge on any atom is -0.462 e. The third kappa shape index (κ3) is 12.3. The summed E-state index contributed by atoms with van der Waals surface area (Å²) in [5.41, 5.74) is 0.629. The minimum absolute atomic E-state index is 0.0368. The molecule has 0 aliphatic carbocycles. The summed E-state index contributed by atoms with van der Waals surface area (Å²) in [5.74, 6) is 0.315. The van der Waals surface area contributed by atoms with Crippen molar-refractivity contribution in [1.29, 1.82) is 0 Å². The molecule has 38 heavy (non-hydrogen) atoms. The first kappa shape index (κ1) is 32.2. The first-order valence-corrected chi connectivity index (χ1v) is 14.5. The van der Waals surface area contributed by atoms with Crippen molar-refractivity contribution in [2.24, 2.45) is 0 Å². The number of carbonyl (C=O) groups is 1. The van der Waals surface area contributed by atoms with Crippen LogP contribution in [0, 0.1) is 0 Å². The molecule has 1 aliphatic rings. The van der Waals surface area contributed by atoms with E-state index in [1.54, 1.807) is 24.3 Å². The van der Waals surface area contributed by atoms with E-state index in [1.807, 2.05) is 0 Å². The summed E-state index contributed by atoms with van der Waals surface area (Å²) >= 11 is 0. The van der Waals surface area contributed by atoms with Gasteiger partial charge < -0.3 is 35.2 Å². The molecule has 1 heterocycles. The van der Waals surface area contributed by atoms with Crippen molar-refractivity contribution in [1.82, 2.24) is 0 Å². The van der Waals surface area contributed by atoms with Crippen molar-refractivity contribution in [2.75, 3.05) is 11.9 Å². The lowest BCUT2D eigenvalue weighted by Gasteiger charge is -2.39. The fraction of sp³-hybridized carbons (Fsp3) is 0.700. The van der Waals surface area contributed by atoms with E-state index in [0.717, 1.165) is 25.7 Å². The molecule has 0 bridgehead atoms. The molecular formula is C30H49NO7. The predicted octanol–water partition coefficient (Wildman–Crippen LogP) is 4.84. The highest BCUT2D eigenvalue weighted by Crippen LogP contribution is 2.25. The van der Waals surface area contributed by atoms with Crippen molar-refractivity contribution >= 4 is 11.6 Å². The van der Waals surface area contributed by atoms with E-state index in [0.29, 0.717) is 17.9 Å². The van der Waals surface area contributed by atoms with Crippen LogP contribution in [0.2, 0.25) is 0 Å². The van der Waals surface area contributed by atoms with Gasteiger partial charge in [-0.1, -0.05) is 70.4 Å². The molecule has 8 heteroatoms. The maximum Gasteiger partial charge on any atom is 0.229 e. The fourth-order valence-corrected chi connectivity index (χ4v) is 4.50. The average molecular weight is 536 g/mol. The van der Waals surface area contributed by atoms with Crippen LogP contribution >= 0.6 is 0 Å². The highest BCUT2D eigenvalue weighted by atomic mass is 16.7. The van der Waals surface area contributed by atoms with Crippen LogP contribution in [-0.2, 0) is 9.53 Å². The lowest BCUT2D eigenvalue weighted by atomic mass is 9.99. The molecule has 0 radical (unpaired) electrons. The number of hydrogen-bond donors (Lipinski definition) is 5. The molecule has 1 saturated heterocycles. The number of benzene rings is 1. The zero-order valence-corrected chi connectivity index (χ0v) is 23.0. The molecule has 5 atom stereocenters. The fourth-order valence-electron chi connectivity index (χ4n) is 4.50. The Hall–Kier alpha value is -1.97. The minimum atomic E-state index is -1.50. The first-order chi connectivity index (χ1) is 18.5.